The van der Waals surface area contributed by atoms with E-state index in [9.17, 15) is 4.79 Å². The van der Waals surface area contributed by atoms with E-state index in [1.165, 1.54) is 0 Å². The van der Waals surface area contributed by atoms with Gasteiger partial charge in [-0.3, -0.25) is 4.79 Å². The molecule has 1 amide bonds. The van der Waals surface area contributed by atoms with E-state index < -0.39 is 0 Å². The lowest BCUT2D eigenvalue weighted by Gasteiger charge is -2.15. The average molecular weight is 144 g/mol. The van der Waals surface area contributed by atoms with E-state index in [1.807, 2.05) is 6.92 Å². The largest absolute Gasteiger partial charge is 0.346 e. The highest BCUT2D eigenvalue weighted by atomic mass is 16.2. The smallest absolute Gasteiger partial charge is 0.219 e. The molecule has 0 aromatic carbocycles. The van der Waals surface area contributed by atoms with Gasteiger partial charge >= 0.3 is 0 Å². The molecule has 10 heavy (non-hydrogen) atoms. The van der Waals surface area contributed by atoms with Gasteiger partial charge in [0.25, 0.3) is 0 Å². The molecule has 0 aliphatic rings. The first-order chi connectivity index (χ1) is 4.54. The molecular formula is C7H16N2O. The summed E-state index contributed by atoms with van der Waals surface area (Å²) >= 11 is 0. The molecule has 0 aromatic rings. The quantitative estimate of drug-likeness (QED) is 0.615. The minimum absolute atomic E-state index is 0.0978. The zero-order valence-corrected chi connectivity index (χ0v) is 6.92. The molecule has 0 saturated carbocycles. The van der Waals surface area contributed by atoms with Gasteiger partial charge in [-0.2, -0.15) is 0 Å². The van der Waals surface area contributed by atoms with Crippen molar-refractivity contribution in [3.63, 3.8) is 0 Å². The Morgan fingerprint density at radius 2 is 2.20 bits per heavy atom. The maximum absolute atomic E-state index is 10.6. The number of nitrogens with two attached hydrogens (primary N) is 1. The SMILES string of the molecule is CC(=O)N(C)CCC(C)N. The summed E-state index contributed by atoms with van der Waals surface area (Å²) in [6, 6.07) is 0.182. The van der Waals surface area contributed by atoms with Gasteiger partial charge in [0.15, 0.2) is 0 Å². The van der Waals surface area contributed by atoms with Crippen LogP contribution in [0.4, 0.5) is 0 Å². The number of hydrogen-bond donors (Lipinski definition) is 1. The topological polar surface area (TPSA) is 46.3 Å². The van der Waals surface area contributed by atoms with E-state index in [-0.39, 0.29) is 11.9 Å². The molecule has 0 radical (unpaired) electrons. The zero-order valence-electron chi connectivity index (χ0n) is 6.92. The van der Waals surface area contributed by atoms with Crippen LogP contribution in [0.15, 0.2) is 0 Å². The van der Waals surface area contributed by atoms with Crippen molar-refractivity contribution in [3.8, 4) is 0 Å². The molecule has 0 aliphatic heterocycles. The van der Waals surface area contributed by atoms with Crippen LogP contribution < -0.4 is 5.73 Å². The molecule has 0 spiro atoms. The van der Waals surface area contributed by atoms with Crippen LogP contribution in [-0.2, 0) is 4.79 Å². The van der Waals surface area contributed by atoms with Crippen LogP contribution in [-0.4, -0.2) is 30.4 Å². The predicted octanol–water partition coefficient (Wildman–Crippen LogP) is 0.202. The first-order valence-electron chi connectivity index (χ1n) is 3.51. The summed E-state index contributed by atoms with van der Waals surface area (Å²) < 4.78 is 0. The maximum Gasteiger partial charge on any atom is 0.219 e. The Morgan fingerprint density at radius 3 is 2.50 bits per heavy atom. The Kier molecular flexibility index (Phi) is 4.03. The molecule has 0 heterocycles. The molecule has 1 unspecified atom stereocenters. The van der Waals surface area contributed by atoms with E-state index in [0.29, 0.717) is 0 Å². The molecule has 0 fully saturated rings. The molecule has 0 bridgehead atoms. The summed E-state index contributed by atoms with van der Waals surface area (Å²) in [6.07, 6.45) is 0.871. The Labute approximate surface area is 62.2 Å². The number of rotatable bonds is 3. The highest BCUT2D eigenvalue weighted by molar-refractivity contribution is 5.72. The van der Waals surface area contributed by atoms with E-state index in [4.69, 9.17) is 5.73 Å². The van der Waals surface area contributed by atoms with Crippen molar-refractivity contribution in [3.05, 3.63) is 0 Å². The first kappa shape index (κ1) is 9.43. The van der Waals surface area contributed by atoms with Gasteiger partial charge in [-0.25, -0.2) is 0 Å². The van der Waals surface area contributed by atoms with Crippen LogP contribution in [0.5, 0.6) is 0 Å². The fourth-order valence-electron chi connectivity index (χ4n) is 0.555. The lowest BCUT2D eigenvalue weighted by Crippen LogP contribution is -2.29. The minimum Gasteiger partial charge on any atom is -0.346 e. The van der Waals surface area contributed by atoms with Gasteiger partial charge in [-0.05, 0) is 13.3 Å². The molecule has 3 heteroatoms. The van der Waals surface area contributed by atoms with Crippen molar-refractivity contribution in [2.75, 3.05) is 13.6 Å². The Balaban J connectivity index is 3.40. The molecule has 2 N–H and O–H groups in total. The normalized spacial score (nSPS) is 12.8. The Morgan fingerprint density at radius 1 is 1.70 bits per heavy atom. The van der Waals surface area contributed by atoms with Gasteiger partial charge in [0.05, 0.1) is 0 Å². The fourth-order valence-corrected chi connectivity index (χ4v) is 0.555. The van der Waals surface area contributed by atoms with Crippen molar-refractivity contribution in [1.82, 2.24) is 4.90 Å². The van der Waals surface area contributed by atoms with Gasteiger partial charge in [0.1, 0.15) is 0 Å². The number of nitrogens with zero attached hydrogens (tertiary/aromatic N) is 1. The standard InChI is InChI=1S/C7H16N2O/c1-6(8)4-5-9(3)7(2)10/h6H,4-5,8H2,1-3H3. The van der Waals surface area contributed by atoms with E-state index >= 15 is 0 Å². The second-order valence-electron chi connectivity index (χ2n) is 2.71. The van der Waals surface area contributed by atoms with Crippen molar-refractivity contribution >= 4 is 5.91 Å². The summed E-state index contributed by atoms with van der Waals surface area (Å²) in [5.74, 6) is 0.0978. The summed E-state index contributed by atoms with van der Waals surface area (Å²) in [5.41, 5.74) is 5.50. The van der Waals surface area contributed by atoms with Crippen LogP contribution in [0.3, 0.4) is 0 Å². The average Bonchev–Trinajstić information content (AvgIpc) is 1.82. The van der Waals surface area contributed by atoms with Crippen molar-refractivity contribution < 1.29 is 4.79 Å². The summed E-state index contributed by atoms with van der Waals surface area (Å²) in [7, 11) is 1.78. The number of carbonyl (C=O) groups is 1. The second-order valence-corrected chi connectivity index (χ2v) is 2.71. The lowest BCUT2D eigenvalue weighted by atomic mass is 10.2. The number of hydrogen-bond acceptors (Lipinski definition) is 2. The summed E-state index contributed by atoms with van der Waals surface area (Å²) in [6.45, 7) is 4.25. The third-order valence-electron chi connectivity index (χ3n) is 1.46. The van der Waals surface area contributed by atoms with Gasteiger partial charge in [0.2, 0.25) is 5.91 Å². The van der Waals surface area contributed by atoms with Gasteiger partial charge in [-0.1, -0.05) is 0 Å². The van der Waals surface area contributed by atoms with Crippen molar-refractivity contribution in [2.24, 2.45) is 5.73 Å². The van der Waals surface area contributed by atoms with Gasteiger partial charge in [-0.15, -0.1) is 0 Å². The van der Waals surface area contributed by atoms with Crippen LogP contribution >= 0.6 is 0 Å². The number of amides is 1. The molecule has 0 aliphatic carbocycles. The third kappa shape index (κ3) is 4.32. The van der Waals surface area contributed by atoms with Crippen LogP contribution in [0.25, 0.3) is 0 Å². The highest BCUT2D eigenvalue weighted by Gasteiger charge is 2.01. The van der Waals surface area contributed by atoms with Gasteiger partial charge in [0, 0.05) is 26.6 Å². The fraction of sp³-hybridized carbons (Fsp3) is 0.857. The van der Waals surface area contributed by atoms with Crippen molar-refractivity contribution in [2.45, 2.75) is 26.3 Å². The van der Waals surface area contributed by atoms with E-state index in [1.54, 1.807) is 18.9 Å². The molecular weight excluding hydrogens is 128 g/mol. The molecule has 1 atom stereocenters. The third-order valence-corrected chi connectivity index (χ3v) is 1.46. The monoisotopic (exact) mass is 144 g/mol. The Bertz CT molecular complexity index is 112. The summed E-state index contributed by atoms with van der Waals surface area (Å²) in [5, 5.41) is 0. The minimum atomic E-state index is 0.0978. The lowest BCUT2D eigenvalue weighted by molar-refractivity contribution is -0.127. The van der Waals surface area contributed by atoms with Gasteiger partial charge < -0.3 is 10.6 Å². The van der Waals surface area contributed by atoms with Crippen LogP contribution in [0.2, 0.25) is 0 Å². The second kappa shape index (κ2) is 4.28. The molecule has 0 saturated heterocycles. The molecule has 0 rings (SSSR count). The molecule has 3 nitrogen and oxygen atoms in total. The maximum atomic E-state index is 10.6. The molecule has 60 valence electrons. The molecule has 0 aromatic heterocycles. The highest BCUT2D eigenvalue weighted by Crippen LogP contribution is 1.90. The van der Waals surface area contributed by atoms with E-state index in [0.717, 1.165) is 13.0 Å². The first-order valence-corrected chi connectivity index (χ1v) is 3.51. The zero-order chi connectivity index (χ0) is 8.15. The van der Waals surface area contributed by atoms with Crippen LogP contribution in [0, 0.1) is 0 Å². The number of carbonyl (C=O) groups excluding carboxylic acids is 1. The predicted molar refractivity (Wildman–Crippen MR) is 41.6 cm³/mol. The summed E-state index contributed by atoms with van der Waals surface area (Å²) in [4.78, 5) is 12.3. The van der Waals surface area contributed by atoms with Crippen LogP contribution in [0.1, 0.15) is 20.3 Å². The van der Waals surface area contributed by atoms with Crippen molar-refractivity contribution in [1.29, 1.82) is 0 Å². The Hall–Kier alpha value is -0.570. The van der Waals surface area contributed by atoms with E-state index in [2.05, 4.69) is 0 Å².